The van der Waals surface area contributed by atoms with Crippen LogP contribution in [0.15, 0.2) is 24.3 Å². The molecule has 0 heterocycles. The summed E-state index contributed by atoms with van der Waals surface area (Å²) in [5.74, 6) is -0.0861. The summed E-state index contributed by atoms with van der Waals surface area (Å²) < 4.78 is 13.4. The second-order valence-electron chi connectivity index (χ2n) is 4.87. The van der Waals surface area contributed by atoms with Crippen LogP contribution >= 0.6 is 0 Å². The fourth-order valence-electron chi connectivity index (χ4n) is 1.87. The molecule has 0 radical (unpaired) electrons. The normalized spacial score (nSPS) is 15.5. The number of benzene rings is 1. The second kappa shape index (κ2) is 6.12. The van der Waals surface area contributed by atoms with Crippen LogP contribution in [-0.4, -0.2) is 37.6 Å². The summed E-state index contributed by atoms with van der Waals surface area (Å²) in [6.07, 6.45) is 3.45. The molecule has 0 aliphatic heterocycles. The first kappa shape index (κ1) is 12.5. The Bertz CT molecular complexity index is 350. The minimum absolute atomic E-state index is 0.0861. The third-order valence-electron chi connectivity index (χ3n) is 3.22. The number of nitrogens with one attached hydrogen (secondary N) is 1. The smallest absolute Gasteiger partial charge is 0.126 e. The van der Waals surface area contributed by atoms with Gasteiger partial charge in [-0.05, 0) is 37.9 Å². The first-order valence-corrected chi connectivity index (χ1v) is 6.41. The highest BCUT2D eigenvalue weighted by Gasteiger charge is 2.19. The second-order valence-corrected chi connectivity index (χ2v) is 4.87. The topological polar surface area (TPSA) is 15.3 Å². The van der Waals surface area contributed by atoms with Crippen LogP contribution in [0.2, 0.25) is 0 Å². The number of halogens is 1. The number of rotatable bonds is 7. The van der Waals surface area contributed by atoms with E-state index in [0.717, 1.165) is 37.7 Å². The highest BCUT2D eigenvalue weighted by molar-refractivity contribution is 5.17. The molecule has 0 aromatic heterocycles. The fourth-order valence-corrected chi connectivity index (χ4v) is 1.87. The van der Waals surface area contributed by atoms with Crippen molar-refractivity contribution in [3.05, 3.63) is 35.6 Å². The van der Waals surface area contributed by atoms with E-state index < -0.39 is 0 Å². The van der Waals surface area contributed by atoms with Gasteiger partial charge in [-0.2, -0.15) is 0 Å². The Morgan fingerprint density at radius 1 is 1.29 bits per heavy atom. The molecular formula is C14H21FN2. The Morgan fingerprint density at radius 2 is 2.06 bits per heavy atom. The van der Waals surface area contributed by atoms with Gasteiger partial charge in [0.2, 0.25) is 0 Å². The van der Waals surface area contributed by atoms with Gasteiger partial charge in [-0.3, -0.25) is 0 Å². The van der Waals surface area contributed by atoms with E-state index in [4.69, 9.17) is 0 Å². The first-order chi connectivity index (χ1) is 8.25. The Kier molecular flexibility index (Phi) is 4.51. The van der Waals surface area contributed by atoms with E-state index in [1.807, 2.05) is 12.1 Å². The maximum atomic E-state index is 13.4. The molecule has 1 aromatic rings. The lowest BCUT2D eigenvalue weighted by molar-refractivity contribution is 0.333. The predicted molar refractivity (Wildman–Crippen MR) is 68.6 cm³/mol. The van der Waals surface area contributed by atoms with Gasteiger partial charge < -0.3 is 10.2 Å². The summed E-state index contributed by atoms with van der Waals surface area (Å²) in [6.45, 7) is 2.98. The van der Waals surface area contributed by atoms with Gasteiger partial charge in [-0.15, -0.1) is 0 Å². The quantitative estimate of drug-likeness (QED) is 0.779. The summed E-state index contributed by atoms with van der Waals surface area (Å²) >= 11 is 0. The van der Waals surface area contributed by atoms with E-state index >= 15 is 0 Å². The fraction of sp³-hybridized carbons (Fsp3) is 0.571. The van der Waals surface area contributed by atoms with Gasteiger partial charge in [-0.25, -0.2) is 4.39 Å². The van der Waals surface area contributed by atoms with Crippen LogP contribution in [0.4, 0.5) is 4.39 Å². The summed E-state index contributed by atoms with van der Waals surface area (Å²) in [6, 6.07) is 7.81. The van der Waals surface area contributed by atoms with Gasteiger partial charge in [0, 0.05) is 25.7 Å². The van der Waals surface area contributed by atoms with E-state index in [1.54, 1.807) is 6.07 Å². The van der Waals surface area contributed by atoms with Crippen molar-refractivity contribution in [2.75, 3.05) is 26.7 Å². The maximum Gasteiger partial charge on any atom is 0.126 e. The highest BCUT2D eigenvalue weighted by Crippen LogP contribution is 2.17. The van der Waals surface area contributed by atoms with E-state index in [-0.39, 0.29) is 5.82 Å². The van der Waals surface area contributed by atoms with Crippen molar-refractivity contribution in [2.24, 2.45) is 0 Å². The summed E-state index contributed by atoms with van der Waals surface area (Å²) in [5, 5.41) is 3.48. The molecule has 1 aromatic carbocycles. The van der Waals surface area contributed by atoms with E-state index in [1.165, 1.54) is 18.9 Å². The largest absolute Gasteiger partial charge is 0.313 e. The average molecular weight is 236 g/mol. The number of likely N-dealkylation sites (N-methyl/N-ethyl adjacent to an activating group) is 1. The minimum atomic E-state index is -0.0861. The lowest BCUT2D eigenvalue weighted by atomic mass is 10.1. The predicted octanol–water partition coefficient (Wildman–Crippen LogP) is 2.05. The van der Waals surface area contributed by atoms with E-state index in [2.05, 4.69) is 17.3 Å². The zero-order valence-electron chi connectivity index (χ0n) is 10.5. The lowest BCUT2D eigenvalue weighted by Gasteiger charge is -2.17. The molecule has 94 valence electrons. The number of hydrogen-bond acceptors (Lipinski definition) is 2. The van der Waals surface area contributed by atoms with Gasteiger partial charge in [0.05, 0.1) is 0 Å². The van der Waals surface area contributed by atoms with E-state index in [9.17, 15) is 4.39 Å². The van der Waals surface area contributed by atoms with Crippen molar-refractivity contribution in [1.29, 1.82) is 0 Å². The molecule has 17 heavy (non-hydrogen) atoms. The molecule has 1 N–H and O–H groups in total. The minimum Gasteiger partial charge on any atom is -0.313 e. The van der Waals surface area contributed by atoms with Crippen LogP contribution in [0.25, 0.3) is 0 Å². The maximum absolute atomic E-state index is 13.4. The Labute approximate surface area is 103 Å². The highest BCUT2D eigenvalue weighted by atomic mass is 19.1. The lowest BCUT2D eigenvalue weighted by Crippen LogP contribution is -2.31. The Hall–Kier alpha value is -0.930. The van der Waals surface area contributed by atoms with Gasteiger partial charge in [0.1, 0.15) is 5.82 Å². The molecule has 0 atom stereocenters. The van der Waals surface area contributed by atoms with Gasteiger partial charge >= 0.3 is 0 Å². The number of hydrogen-bond donors (Lipinski definition) is 1. The summed E-state index contributed by atoms with van der Waals surface area (Å²) in [4.78, 5) is 2.25. The molecule has 3 heteroatoms. The van der Waals surface area contributed by atoms with Gasteiger partial charge in [-0.1, -0.05) is 18.2 Å². The molecular weight excluding hydrogens is 215 g/mol. The first-order valence-electron chi connectivity index (χ1n) is 6.41. The molecule has 0 saturated heterocycles. The monoisotopic (exact) mass is 236 g/mol. The van der Waals surface area contributed by atoms with Crippen LogP contribution in [0.3, 0.4) is 0 Å². The SMILES string of the molecule is CN(CCNC1CC1)CCc1ccccc1F. The van der Waals surface area contributed by atoms with Crippen LogP contribution in [0, 0.1) is 5.82 Å². The van der Waals surface area contributed by atoms with E-state index in [0.29, 0.717) is 0 Å². The Balaban J connectivity index is 1.64. The molecule has 2 rings (SSSR count). The molecule has 1 aliphatic carbocycles. The van der Waals surface area contributed by atoms with Crippen molar-refractivity contribution in [2.45, 2.75) is 25.3 Å². The van der Waals surface area contributed by atoms with Gasteiger partial charge in [0.25, 0.3) is 0 Å². The zero-order valence-corrected chi connectivity index (χ0v) is 10.5. The molecule has 0 amide bonds. The molecule has 2 nitrogen and oxygen atoms in total. The third kappa shape index (κ3) is 4.44. The summed E-state index contributed by atoms with van der Waals surface area (Å²) in [7, 11) is 2.09. The van der Waals surface area contributed by atoms with Crippen molar-refractivity contribution >= 4 is 0 Å². The van der Waals surface area contributed by atoms with Gasteiger partial charge in [0.15, 0.2) is 0 Å². The molecule has 0 unspecified atom stereocenters. The van der Waals surface area contributed by atoms with Crippen LogP contribution < -0.4 is 5.32 Å². The molecule has 0 bridgehead atoms. The molecule has 0 spiro atoms. The third-order valence-corrected chi connectivity index (χ3v) is 3.22. The van der Waals surface area contributed by atoms with Crippen LogP contribution in [0.1, 0.15) is 18.4 Å². The molecule has 1 fully saturated rings. The van der Waals surface area contributed by atoms with Crippen molar-refractivity contribution in [3.8, 4) is 0 Å². The summed E-state index contributed by atoms with van der Waals surface area (Å²) in [5.41, 5.74) is 0.814. The van der Waals surface area contributed by atoms with Crippen molar-refractivity contribution in [1.82, 2.24) is 10.2 Å². The van der Waals surface area contributed by atoms with Crippen molar-refractivity contribution in [3.63, 3.8) is 0 Å². The van der Waals surface area contributed by atoms with Crippen LogP contribution in [0.5, 0.6) is 0 Å². The standard InChI is InChI=1S/C14H21FN2/c1-17(11-9-16-13-6-7-13)10-8-12-4-2-3-5-14(12)15/h2-5,13,16H,6-11H2,1H3. The number of nitrogens with zero attached hydrogens (tertiary/aromatic N) is 1. The van der Waals surface area contributed by atoms with Crippen LogP contribution in [-0.2, 0) is 6.42 Å². The zero-order chi connectivity index (χ0) is 12.1. The molecule has 1 saturated carbocycles. The Morgan fingerprint density at radius 3 is 2.76 bits per heavy atom. The average Bonchev–Trinajstić information content (AvgIpc) is 3.12. The molecule has 1 aliphatic rings. The van der Waals surface area contributed by atoms with Crippen molar-refractivity contribution < 1.29 is 4.39 Å².